The lowest BCUT2D eigenvalue weighted by Crippen LogP contribution is -2.20. The van der Waals surface area contributed by atoms with Gasteiger partial charge in [0, 0.05) is 25.0 Å². The van der Waals surface area contributed by atoms with Gasteiger partial charge < -0.3 is 9.88 Å². The summed E-state index contributed by atoms with van der Waals surface area (Å²) in [5.41, 5.74) is 1.12. The van der Waals surface area contributed by atoms with Gasteiger partial charge in [0.25, 0.3) is 0 Å². The van der Waals surface area contributed by atoms with E-state index >= 15 is 0 Å². The lowest BCUT2D eigenvalue weighted by atomic mass is 9.91. The number of nitriles is 1. The van der Waals surface area contributed by atoms with Gasteiger partial charge in [0.05, 0.1) is 11.5 Å². The summed E-state index contributed by atoms with van der Waals surface area (Å²) in [6, 6.07) is 5.01. The molecule has 1 aromatic heterocycles. The third kappa shape index (κ3) is 5.08. The van der Waals surface area contributed by atoms with Crippen molar-refractivity contribution in [1.29, 1.82) is 5.26 Å². The van der Waals surface area contributed by atoms with Crippen molar-refractivity contribution in [2.75, 3.05) is 6.54 Å². The Morgan fingerprint density at radius 3 is 2.74 bits per heavy atom. The Kier molecular flexibility index (Phi) is 6.11. The van der Waals surface area contributed by atoms with Gasteiger partial charge in [-0.2, -0.15) is 5.26 Å². The van der Waals surface area contributed by atoms with E-state index in [4.69, 9.17) is 5.26 Å². The van der Waals surface area contributed by atoms with Crippen molar-refractivity contribution in [1.82, 2.24) is 9.88 Å². The molecule has 3 heteroatoms. The summed E-state index contributed by atoms with van der Waals surface area (Å²) in [6.45, 7) is 10.3. The first-order valence-corrected chi connectivity index (χ1v) is 7.32. The first-order valence-electron chi connectivity index (χ1n) is 7.32. The van der Waals surface area contributed by atoms with Crippen LogP contribution >= 0.6 is 0 Å². The second-order valence-electron chi connectivity index (χ2n) is 5.83. The molecule has 0 saturated carbocycles. The van der Waals surface area contributed by atoms with E-state index < -0.39 is 0 Å². The van der Waals surface area contributed by atoms with Crippen molar-refractivity contribution in [3.05, 3.63) is 24.0 Å². The maximum atomic E-state index is 9.04. The fourth-order valence-electron chi connectivity index (χ4n) is 2.19. The largest absolute Gasteiger partial charge is 0.354 e. The van der Waals surface area contributed by atoms with Crippen molar-refractivity contribution in [2.24, 2.45) is 5.41 Å². The average Bonchev–Trinajstić information content (AvgIpc) is 2.85. The van der Waals surface area contributed by atoms with Crippen LogP contribution in [0.1, 0.15) is 58.6 Å². The van der Waals surface area contributed by atoms with Gasteiger partial charge in [0.15, 0.2) is 0 Å². The number of aryl methyl sites for hydroxylation is 1. The molecule has 3 nitrogen and oxygen atoms in total. The van der Waals surface area contributed by atoms with Crippen molar-refractivity contribution in [3.8, 4) is 6.07 Å². The van der Waals surface area contributed by atoms with Crippen LogP contribution in [0.4, 0.5) is 0 Å². The molecule has 1 N–H and O–H groups in total. The fourth-order valence-corrected chi connectivity index (χ4v) is 2.19. The molecule has 0 saturated heterocycles. The molecular weight excluding hydrogens is 234 g/mol. The highest BCUT2D eigenvalue weighted by Crippen LogP contribution is 2.22. The van der Waals surface area contributed by atoms with Crippen LogP contribution in [0.3, 0.4) is 0 Å². The van der Waals surface area contributed by atoms with Crippen LogP contribution < -0.4 is 5.32 Å². The number of hydrogen-bond acceptors (Lipinski definition) is 2. The minimum Gasteiger partial charge on any atom is -0.354 e. The zero-order chi connectivity index (χ0) is 14.3. The van der Waals surface area contributed by atoms with Crippen LogP contribution in [0.15, 0.2) is 18.5 Å². The number of rotatable bonds is 8. The molecule has 1 unspecified atom stereocenters. The van der Waals surface area contributed by atoms with Crippen LogP contribution in [0.25, 0.3) is 0 Å². The lowest BCUT2D eigenvalue weighted by Gasteiger charge is -2.16. The monoisotopic (exact) mass is 261 g/mol. The van der Waals surface area contributed by atoms with Crippen molar-refractivity contribution in [2.45, 2.75) is 59.5 Å². The van der Waals surface area contributed by atoms with E-state index in [2.05, 4.69) is 48.3 Å². The summed E-state index contributed by atoms with van der Waals surface area (Å²) >= 11 is 0. The molecule has 1 rings (SSSR count). The Labute approximate surface area is 117 Å². The van der Waals surface area contributed by atoms with Gasteiger partial charge >= 0.3 is 0 Å². The first-order chi connectivity index (χ1) is 9.02. The van der Waals surface area contributed by atoms with Gasteiger partial charge in [-0.25, -0.2) is 0 Å². The predicted octanol–water partition coefficient (Wildman–Crippen LogP) is 3.88. The molecule has 0 aliphatic rings. The summed E-state index contributed by atoms with van der Waals surface area (Å²) in [5.74, 6) is 0. The molecule has 1 atom stereocenters. The summed E-state index contributed by atoms with van der Waals surface area (Å²) in [5, 5.41) is 12.6. The first kappa shape index (κ1) is 15.8. The minimum absolute atomic E-state index is 0.241. The van der Waals surface area contributed by atoms with Gasteiger partial charge in [-0.05, 0) is 44.9 Å². The third-order valence-corrected chi connectivity index (χ3v) is 3.50. The molecule has 0 aromatic carbocycles. The van der Waals surface area contributed by atoms with Crippen LogP contribution in [0, 0.1) is 16.7 Å². The van der Waals surface area contributed by atoms with Gasteiger partial charge in [-0.1, -0.05) is 20.3 Å². The standard InChI is InChI=1S/C16H27N3/c1-5-7-15(18-6-2)14-8-10-19(12-14)11-9-16(3,4)13-17/h8,10,12,15,18H,5-7,9,11H2,1-4H3. The smallest absolute Gasteiger partial charge is 0.0684 e. The molecule has 0 aliphatic carbocycles. The third-order valence-electron chi connectivity index (χ3n) is 3.50. The Bertz CT molecular complexity index is 406. The van der Waals surface area contributed by atoms with Crippen molar-refractivity contribution in [3.63, 3.8) is 0 Å². The highest BCUT2D eigenvalue weighted by atomic mass is 15.0. The molecule has 106 valence electrons. The van der Waals surface area contributed by atoms with E-state index in [1.54, 1.807) is 0 Å². The Morgan fingerprint density at radius 2 is 2.16 bits per heavy atom. The number of nitrogens with zero attached hydrogens (tertiary/aromatic N) is 2. The van der Waals surface area contributed by atoms with Gasteiger partial charge in [-0.15, -0.1) is 0 Å². The lowest BCUT2D eigenvalue weighted by molar-refractivity contribution is 0.413. The molecule has 0 bridgehead atoms. The fraction of sp³-hybridized carbons (Fsp3) is 0.688. The zero-order valence-corrected chi connectivity index (χ0v) is 12.7. The quantitative estimate of drug-likeness (QED) is 0.771. The molecule has 1 heterocycles. The van der Waals surface area contributed by atoms with E-state index in [9.17, 15) is 0 Å². The number of nitrogens with one attached hydrogen (secondary N) is 1. The SMILES string of the molecule is CCCC(NCC)c1ccn(CCC(C)(C)C#N)c1. The molecule has 0 aliphatic heterocycles. The van der Waals surface area contributed by atoms with Gasteiger partial charge in [-0.3, -0.25) is 0 Å². The van der Waals surface area contributed by atoms with E-state index in [0.29, 0.717) is 6.04 Å². The normalized spacial score (nSPS) is 13.2. The van der Waals surface area contributed by atoms with Gasteiger partial charge in [0.2, 0.25) is 0 Å². The molecule has 1 aromatic rings. The second-order valence-corrected chi connectivity index (χ2v) is 5.83. The van der Waals surface area contributed by atoms with Crippen molar-refractivity contribution < 1.29 is 0 Å². The Hall–Kier alpha value is -1.27. The van der Waals surface area contributed by atoms with E-state index in [0.717, 1.165) is 19.5 Å². The maximum Gasteiger partial charge on any atom is 0.0684 e. The molecule has 0 radical (unpaired) electrons. The predicted molar refractivity (Wildman–Crippen MR) is 79.8 cm³/mol. The van der Waals surface area contributed by atoms with Crippen LogP contribution in [-0.4, -0.2) is 11.1 Å². The van der Waals surface area contributed by atoms with E-state index in [1.165, 1.54) is 18.4 Å². The minimum atomic E-state index is -0.241. The molecular formula is C16H27N3. The average molecular weight is 261 g/mol. The second kappa shape index (κ2) is 7.35. The van der Waals surface area contributed by atoms with E-state index in [1.807, 2.05) is 13.8 Å². The van der Waals surface area contributed by atoms with Crippen LogP contribution in [0.5, 0.6) is 0 Å². The molecule has 0 amide bonds. The topological polar surface area (TPSA) is 40.8 Å². The number of aromatic nitrogens is 1. The molecule has 19 heavy (non-hydrogen) atoms. The number of hydrogen-bond donors (Lipinski definition) is 1. The maximum absolute atomic E-state index is 9.04. The zero-order valence-electron chi connectivity index (χ0n) is 12.7. The Balaban J connectivity index is 2.63. The molecule has 0 fully saturated rings. The van der Waals surface area contributed by atoms with Crippen molar-refractivity contribution >= 4 is 0 Å². The summed E-state index contributed by atoms with van der Waals surface area (Å²) in [4.78, 5) is 0. The summed E-state index contributed by atoms with van der Waals surface area (Å²) in [7, 11) is 0. The highest BCUT2D eigenvalue weighted by molar-refractivity contribution is 5.15. The highest BCUT2D eigenvalue weighted by Gasteiger charge is 2.16. The molecule has 0 spiro atoms. The summed E-state index contributed by atoms with van der Waals surface area (Å²) < 4.78 is 2.20. The van der Waals surface area contributed by atoms with Crippen LogP contribution in [0.2, 0.25) is 0 Å². The van der Waals surface area contributed by atoms with Gasteiger partial charge in [0.1, 0.15) is 0 Å². The Morgan fingerprint density at radius 1 is 1.42 bits per heavy atom. The van der Waals surface area contributed by atoms with E-state index in [-0.39, 0.29) is 5.41 Å². The summed E-state index contributed by atoms with van der Waals surface area (Å²) in [6.07, 6.45) is 7.59. The van der Waals surface area contributed by atoms with Crippen LogP contribution in [-0.2, 0) is 6.54 Å².